The van der Waals surface area contributed by atoms with E-state index in [0.29, 0.717) is 0 Å². The Balaban J connectivity index is 2.39. The first-order valence-electron chi connectivity index (χ1n) is 6.52. The van der Waals surface area contributed by atoms with Crippen LogP contribution in [0.1, 0.15) is 12.8 Å². The summed E-state index contributed by atoms with van der Waals surface area (Å²) in [6.45, 7) is 4.89. The Labute approximate surface area is 126 Å². The summed E-state index contributed by atoms with van der Waals surface area (Å²) >= 11 is 0. The van der Waals surface area contributed by atoms with Crippen LogP contribution < -0.4 is 5.32 Å². The third-order valence-corrected chi connectivity index (χ3v) is 2.85. The maximum Gasteiger partial charge on any atom is 0.222 e. The normalized spacial score (nSPS) is 12.3. The molecule has 21 heavy (non-hydrogen) atoms. The Morgan fingerprint density at radius 1 is 1.00 bits per heavy atom. The number of nitrogens with zero attached hydrogens (tertiary/aromatic N) is 1. The van der Waals surface area contributed by atoms with Gasteiger partial charge in [-0.05, 0) is 30.6 Å². The van der Waals surface area contributed by atoms with Crippen LogP contribution in [0.4, 0.5) is 0 Å². The third kappa shape index (κ3) is 6.60. The van der Waals surface area contributed by atoms with Crippen molar-refractivity contribution in [2.24, 2.45) is 5.92 Å². The molecule has 104 valence electrons. The molecule has 1 N–H and O–H groups in total. The minimum absolute atomic E-state index is 0.102. The van der Waals surface area contributed by atoms with Crippen LogP contribution in [0.2, 0.25) is 0 Å². The van der Waals surface area contributed by atoms with E-state index in [0.717, 1.165) is 25.9 Å². The number of piperidine rings is 1. The Morgan fingerprint density at radius 2 is 1.52 bits per heavy atom. The van der Waals surface area contributed by atoms with Crippen LogP contribution >= 0.6 is 0 Å². The molecular weight excluding hydrogens is 260 g/mol. The molecule has 1 amide bonds. The van der Waals surface area contributed by atoms with Crippen molar-refractivity contribution in [1.82, 2.24) is 10.2 Å². The predicted octanol–water partition coefficient (Wildman–Crippen LogP) is 0.253. The summed E-state index contributed by atoms with van der Waals surface area (Å²) in [5.74, 6) is 23.2. The van der Waals surface area contributed by atoms with Crippen molar-refractivity contribution in [3.05, 3.63) is 6.92 Å². The molecule has 0 spiro atoms. The van der Waals surface area contributed by atoms with Gasteiger partial charge in [0.1, 0.15) is 0 Å². The van der Waals surface area contributed by atoms with Crippen LogP contribution in [-0.2, 0) is 4.79 Å². The lowest BCUT2D eigenvalue weighted by atomic mass is 9.96. The molecular formula is C18H15N2O-. The van der Waals surface area contributed by atoms with Crippen LogP contribution in [0.25, 0.3) is 0 Å². The molecule has 0 aromatic heterocycles. The Morgan fingerprint density at radius 3 is 2.05 bits per heavy atom. The number of hydrogen-bond acceptors (Lipinski definition) is 2. The van der Waals surface area contributed by atoms with E-state index in [1.54, 1.807) is 7.05 Å². The average molecular weight is 275 g/mol. The van der Waals surface area contributed by atoms with Crippen molar-refractivity contribution in [3.8, 4) is 59.3 Å². The first-order valence-corrected chi connectivity index (χ1v) is 6.52. The fourth-order valence-electron chi connectivity index (χ4n) is 1.80. The second-order valence-electron chi connectivity index (χ2n) is 4.16. The van der Waals surface area contributed by atoms with E-state index in [1.165, 1.54) is 0 Å². The fourth-order valence-corrected chi connectivity index (χ4v) is 1.80. The Hall–Kier alpha value is -3.06. The largest absolute Gasteiger partial charge is 0.359 e. The number of rotatable bonds is 1. The smallest absolute Gasteiger partial charge is 0.222 e. The summed E-state index contributed by atoms with van der Waals surface area (Å²) in [6, 6.07) is 2.95. The van der Waals surface area contributed by atoms with Crippen molar-refractivity contribution in [1.29, 1.82) is 0 Å². The van der Waals surface area contributed by atoms with Gasteiger partial charge >= 0.3 is 0 Å². The molecule has 1 rings (SSSR count). The monoisotopic (exact) mass is 275 g/mol. The SMILES string of the molecule is [CH2-]C#CC#CC#CC#CC#CN1CCC(C(=O)NC)CC1. The summed E-state index contributed by atoms with van der Waals surface area (Å²) < 4.78 is 0. The second-order valence-corrected chi connectivity index (χ2v) is 4.16. The van der Waals surface area contributed by atoms with Gasteiger partial charge in [-0.1, -0.05) is 0 Å². The predicted molar refractivity (Wildman–Crippen MR) is 82.6 cm³/mol. The highest BCUT2D eigenvalue weighted by molar-refractivity contribution is 5.78. The highest BCUT2D eigenvalue weighted by Gasteiger charge is 2.22. The van der Waals surface area contributed by atoms with Crippen LogP contribution in [-0.4, -0.2) is 30.9 Å². The summed E-state index contributed by atoms with van der Waals surface area (Å²) in [6.07, 6.45) is 1.65. The van der Waals surface area contributed by atoms with Crippen molar-refractivity contribution >= 4 is 5.91 Å². The summed E-state index contributed by atoms with van der Waals surface area (Å²) in [4.78, 5) is 13.5. The van der Waals surface area contributed by atoms with Crippen LogP contribution in [0.3, 0.4) is 0 Å². The average Bonchev–Trinajstić information content (AvgIpc) is 2.53. The lowest BCUT2D eigenvalue weighted by molar-refractivity contribution is -0.125. The van der Waals surface area contributed by atoms with E-state index in [2.05, 4.69) is 71.6 Å². The molecule has 0 saturated carbocycles. The number of carbonyl (C=O) groups is 1. The number of nitrogens with one attached hydrogen (secondary N) is 1. The van der Waals surface area contributed by atoms with Gasteiger partial charge in [0.25, 0.3) is 0 Å². The number of likely N-dealkylation sites (tertiary alicyclic amines) is 1. The lowest BCUT2D eigenvalue weighted by Crippen LogP contribution is -2.37. The van der Waals surface area contributed by atoms with Gasteiger partial charge in [0.05, 0.1) is 0 Å². The van der Waals surface area contributed by atoms with Crippen LogP contribution in [0, 0.1) is 72.2 Å². The standard InChI is InChI=1S/C18H15N2O/c1-3-4-5-6-7-8-9-10-11-14-20-15-12-17(13-16-20)18(21)19-2/h17H,1,12-13,15-16H2,2H3,(H,19,21)/q-1. The van der Waals surface area contributed by atoms with Gasteiger partial charge in [-0.25, -0.2) is 5.92 Å². The molecule has 1 aliphatic heterocycles. The quantitative estimate of drug-likeness (QED) is 0.550. The van der Waals surface area contributed by atoms with E-state index in [9.17, 15) is 4.79 Å². The zero-order valence-electron chi connectivity index (χ0n) is 12.0. The van der Waals surface area contributed by atoms with E-state index in [4.69, 9.17) is 0 Å². The van der Waals surface area contributed by atoms with Crippen molar-refractivity contribution < 1.29 is 4.79 Å². The fraction of sp³-hybridized carbons (Fsp3) is 0.333. The third-order valence-electron chi connectivity index (χ3n) is 2.85. The number of carbonyl (C=O) groups excluding carboxylic acids is 1. The van der Waals surface area contributed by atoms with Gasteiger partial charge in [-0.3, -0.25) is 10.7 Å². The molecule has 1 saturated heterocycles. The minimum atomic E-state index is 0.102. The molecule has 1 heterocycles. The molecule has 0 radical (unpaired) electrons. The van der Waals surface area contributed by atoms with E-state index < -0.39 is 0 Å². The first-order chi connectivity index (χ1) is 10.3. The van der Waals surface area contributed by atoms with Crippen LogP contribution in [0.15, 0.2) is 0 Å². The lowest BCUT2D eigenvalue weighted by Gasteiger charge is -2.27. The van der Waals surface area contributed by atoms with Crippen molar-refractivity contribution in [2.75, 3.05) is 20.1 Å². The molecule has 0 bridgehead atoms. The molecule has 0 aromatic rings. The molecule has 0 unspecified atom stereocenters. The Bertz CT molecular complexity index is 670. The minimum Gasteiger partial charge on any atom is -0.359 e. The van der Waals surface area contributed by atoms with E-state index in [1.807, 2.05) is 4.90 Å². The number of hydrogen-bond donors (Lipinski definition) is 1. The first kappa shape index (κ1) is 16.0. The van der Waals surface area contributed by atoms with Gasteiger partial charge in [-0.2, -0.15) is 6.92 Å². The second kappa shape index (κ2) is 9.82. The summed E-state index contributed by atoms with van der Waals surface area (Å²) in [7, 11) is 1.67. The zero-order valence-corrected chi connectivity index (χ0v) is 12.0. The molecule has 0 aliphatic carbocycles. The molecule has 3 heteroatoms. The van der Waals surface area contributed by atoms with E-state index in [-0.39, 0.29) is 11.8 Å². The van der Waals surface area contributed by atoms with Crippen molar-refractivity contribution in [3.63, 3.8) is 0 Å². The maximum absolute atomic E-state index is 11.5. The van der Waals surface area contributed by atoms with Crippen molar-refractivity contribution in [2.45, 2.75) is 12.8 Å². The molecule has 0 aromatic carbocycles. The molecule has 1 aliphatic rings. The van der Waals surface area contributed by atoms with Gasteiger partial charge in [-0.15, -0.1) is 5.92 Å². The van der Waals surface area contributed by atoms with Gasteiger partial charge in [0.2, 0.25) is 5.91 Å². The maximum atomic E-state index is 11.5. The van der Waals surface area contributed by atoms with Gasteiger partial charge < -0.3 is 10.2 Å². The van der Waals surface area contributed by atoms with Gasteiger partial charge in [0, 0.05) is 49.9 Å². The van der Waals surface area contributed by atoms with Gasteiger partial charge in [0.15, 0.2) is 0 Å². The Kier molecular flexibility index (Phi) is 7.48. The summed E-state index contributed by atoms with van der Waals surface area (Å²) in [5.41, 5.74) is 0. The molecule has 1 fully saturated rings. The zero-order chi connectivity index (χ0) is 15.3. The molecule has 0 atom stereocenters. The molecule has 3 nitrogen and oxygen atoms in total. The van der Waals surface area contributed by atoms with Crippen LogP contribution in [0.5, 0.6) is 0 Å². The topological polar surface area (TPSA) is 32.3 Å². The van der Waals surface area contributed by atoms with E-state index >= 15 is 0 Å². The highest BCUT2D eigenvalue weighted by Crippen LogP contribution is 2.16. The number of amides is 1. The highest BCUT2D eigenvalue weighted by atomic mass is 16.1. The summed E-state index contributed by atoms with van der Waals surface area (Å²) in [5, 5.41) is 2.68.